The van der Waals surface area contributed by atoms with Crippen molar-refractivity contribution < 1.29 is 9.53 Å². The third kappa shape index (κ3) is 4.18. The molecule has 1 aliphatic rings. The predicted octanol–water partition coefficient (Wildman–Crippen LogP) is 5.75. The van der Waals surface area contributed by atoms with E-state index in [0.29, 0.717) is 30.0 Å². The van der Waals surface area contributed by atoms with Gasteiger partial charge < -0.3 is 15.4 Å². The van der Waals surface area contributed by atoms with Gasteiger partial charge in [-0.1, -0.05) is 81.4 Å². The van der Waals surface area contributed by atoms with Crippen LogP contribution in [0.5, 0.6) is 5.75 Å². The highest BCUT2D eigenvalue weighted by molar-refractivity contribution is 6.13. The minimum Gasteiger partial charge on any atom is -0.487 e. The Hall–Kier alpha value is -3.27. The molecule has 0 fully saturated rings. The van der Waals surface area contributed by atoms with Crippen molar-refractivity contribution in [3.63, 3.8) is 0 Å². The van der Waals surface area contributed by atoms with Crippen LogP contribution in [0.15, 0.2) is 72.8 Å². The lowest BCUT2D eigenvalue weighted by Crippen LogP contribution is -2.42. The van der Waals surface area contributed by atoms with E-state index < -0.39 is 0 Å². The molecule has 154 valence electrons. The van der Waals surface area contributed by atoms with Crippen molar-refractivity contribution in [2.75, 3.05) is 17.2 Å². The van der Waals surface area contributed by atoms with Gasteiger partial charge >= 0.3 is 0 Å². The second-order valence-corrected chi connectivity index (χ2v) is 8.77. The molecule has 0 radical (unpaired) electrons. The third-order valence-corrected chi connectivity index (χ3v) is 5.52. The van der Waals surface area contributed by atoms with Gasteiger partial charge in [-0.3, -0.25) is 4.79 Å². The van der Waals surface area contributed by atoms with Crippen LogP contribution in [0.3, 0.4) is 0 Å². The zero-order valence-corrected chi connectivity index (χ0v) is 17.7. The molecule has 0 bridgehead atoms. The molecule has 0 unspecified atom stereocenters. The topological polar surface area (TPSA) is 50.4 Å². The van der Waals surface area contributed by atoms with Gasteiger partial charge in [0.1, 0.15) is 6.61 Å². The molecule has 0 saturated carbocycles. The number of hydrogen-bond donors (Lipinski definition) is 2. The molecule has 0 amide bonds. The number of rotatable bonds is 5. The minimum atomic E-state index is -0.00730. The zero-order valence-electron chi connectivity index (χ0n) is 17.7. The molecule has 30 heavy (non-hydrogen) atoms. The first-order valence-corrected chi connectivity index (χ1v) is 10.4. The Morgan fingerprint density at radius 1 is 1.00 bits per heavy atom. The number of ketones is 1. The average Bonchev–Trinajstić information content (AvgIpc) is 2.77. The van der Waals surface area contributed by atoms with Crippen LogP contribution in [0, 0.1) is 5.41 Å². The van der Waals surface area contributed by atoms with Crippen molar-refractivity contribution in [2.24, 2.45) is 5.41 Å². The smallest absolute Gasteiger partial charge is 0.195 e. The maximum Gasteiger partial charge on any atom is 0.195 e. The van der Waals surface area contributed by atoms with E-state index in [2.05, 4.69) is 43.5 Å². The molecule has 0 aliphatic carbocycles. The molecule has 3 aromatic rings. The highest BCUT2D eigenvalue weighted by atomic mass is 16.5. The van der Waals surface area contributed by atoms with Gasteiger partial charge in [-0.2, -0.15) is 0 Å². The maximum atomic E-state index is 13.2. The van der Waals surface area contributed by atoms with Crippen LogP contribution >= 0.6 is 0 Å². The maximum absolute atomic E-state index is 13.2. The molecule has 4 nitrogen and oxygen atoms in total. The lowest BCUT2D eigenvalue weighted by Gasteiger charge is -2.37. The second kappa shape index (κ2) is 8.23. The number of fused-ring (bicyclic) bond motifs is 1. The molecular weight excluding hydrogens is 372 g/mol. The molecule has 3 aromatic carbocycles. The summed E-state index contributed by atoms with van der Waals surface area (Å²) in [5.41, 5.74) is 4.15. The highest BCUT2D eigenvalue weighted by Gasteiger charge is 2.33. The summed E-state index contributed by atoms with van der Waals surface area (Å²) in [6.07, 6.45) is 0. The van der Waals surface area contributed by atoms with Crippen molar-refractivity contribution in [3.05, 3.63) is 89.5 Å². The van der Waals surface area contributed by atoms with Gasteiger partial charge in [-0.05, 0) is 23.1 Å². The van der Waals surface area contributed by atoms with E-state index in [0.717, 1.165) is 11.4 Å². The van der Waals surface area contributed by atoms with Crippen LogP contribution in [-0.4, -0.2) is 18.4 Å². The van der Waals surface area contributed by atoms with Crippen molar-refractivity contribution in [1.29, 1.82) is 0 Å². The largest absolute Gasteiger partial charge is 0.487 e. The van der Waals surface area contributed by atoms with E-state index in [1.807, 2.05) is 60.7 Å². The number of hydrogen-bond acceptors (Lipinski definition) is 4. The Balaban J connectivity index is 1.70. The molecule has 1 aliphatic heterocycles. The number of benzene rings is 3. The van der Waals surface area contributed by atoms with Crippen LogP contribution in [0.2, 0.25) is 0 Å². The first kappa shape index (κ1) is 20.0. The summed E-state index contributed by atoms with van der Waals surface area (Å²) in [5.74, 6) is 0.709. The molecule has 1 heterocycles. The van der Waals surface area contributed by atoms with Gasteiger partial charge in [0.05, 0.1) is 17.4 Å². The first-order chi connectivity index (χ1) is 14.4. The molecular formula is C26H28N2O2. The number of ether oxygens (including phenoxy) is 1. The van der Waals surface area contributed by atoms with Crippen LogP contribution in [-0.2, 0) is 6.54 Å². The van der Waals surface area contributed by atoms with Gasteiger partial charge in [-0.15, -0.1) is 0 Å². The van der Waals surface area contributed by atoms with E-state index in [1.54, 1.807) is 0 Å². The van der Waals surface area contributed by atoms with E-state index in [4.69, 9.17) is 4.74 Å². The van der Waals surface area contributed by atoms with Gasteiger partial charge in [0.25, 0.3) is 0 Å². The SMILES string of the molecule is CC(C)(C)[C@H]1COc2c(NCc3ccccc3)ccc(C(=O)c3ccccc3)c2N1. The van der Waals surface area contributed by atoms with Crippen molar-refractivity contribution in [2.45, 2.75) is 33.4 Å². The van der Waals surface area contributed by atoms with Crippen LogP contribution in [0.25, 0.3) is 0 Å². The third-order valence-electron chi connectivity index (χ3n) is 5.52. The van der Waals surface area contributed by atoms with E-state index in [9.17, 15) is 4.79 Å². The lowest BCUT2D eigenvalue weighted by atomic mass is 9.86. The van der Waals surface area contributed by atoms with Crippen LogP contribution in [0.4, 0.5) is 11.4 Å². The van der Waals surface area contributed by atoms with Gasteiger partial charge in [0.2, 0.25) is 0 Å². The fourth-order valence-corrected chi connectivity index (χ4v) is 3.59. The number of carbonyl (C=O) groups excluding carboxylic acids is 1. The number of anilines is 2. The van der Waals surface area contributed by atoms with Gasteiger partial charge in [0.15, 0.2) is 11.5 Å². The van der Waals surface area contributed by atoms with Crippen molar-refractivity contribution >= 4 is 17.2 Å². The van der Waals surface area contributed by atoms with Gasteiger partial charge in [0, 0.05) is 17.7 Å². The fraction of sp³-hybridized carbons (Fsp3) is 0.269. The summed E-state index contributed by atoms with van der Waals surface area (Å²) in [6.45, 7) is 7.77. The quantitative estimate of drug-likeness (QED) is 0.536. The predicted molar refractivity (Wildman–Crippen MR) is 122 cm³/mol. The molecule has 4 rings (SSSR count). The Morgan fingerprint density at radius 2 is 1.67 bits per heavy atom. The molecule has 0 aromatic heterocycles. The summed E-state index contributed by atoms with van der Waals surface area (Å²) >= 11 is 0. The lowest BCUT2D eigenvalue weighted by molar-refractivity contribution is 0.103. The minimum absolute atomic E-state index is 0.00176. The summed E-state index contributed by atoms with van der Waals surface area (Å²) in [7, 11) is 0. The Bertz CT molecular complexity index is 1020. The first-order valence-electron chi connectivity index (χ1n) is 10.4. The van der Waals surface area contributed by atoms with E-state index in [-0.39, 0.29) is 17.2 Å². The Morgan fingerprint density at radius 3 is 2.33 bits per heavy atom. The molecule has 1 atom stereocenters. The standard InChI is InChI=1S/C26H28N2O2/c1-26(2,3)22-17-30-25-21(27-16-18-10-6-4-7-11-18)15-14-20(23(25)28-22)24(29)19-12-8-5-9-13-19/h4-15,22,27-28H,16-17H2,1-3H3/t22-/m1/s1. The monoisotopic (exact) mass is 400 g/mol. The number of nitrogens with one attached hydrogen (secondary N) is 2. The molecule has 0 spiro atoms. The normalized spacial score (nSPS) is 15.5. The summed E-state index contributed by atoms with van der Waals surface area (Å²) in [6, 6.07) is 23.6. The highest BCUT2D eigenvalue weighted by Crippen LogP contribution is 2.42. The van der Waals surface area contributed by atoms with E-state index >= 15 is 0 Å². The molecule has 0 saturated heterocycles. The summed E-state index contributed by atoms with van der Waals surface area (Å²) in [4.78, 5) is 13.2. The van der Waals surface area contributed by atoms with Crippen LogP contribution in [0.1, 0.15) is 42.3 Å². The van der Waals surface area contributed by atoms with Gasteiger partial charge in [-0.25, -0.2) is 0 Å². The van der Waals surface area contributed by atoms with E-state index in [1.165, 1.54) is 5.56 Å². The Labute approximate surface area is 178 Å². The van der Waals surface area contributed by atoms with Crippen molar-refractivity contribution in [3.8, 4) is 5.75 Å². The fourth-order valence-electron chi connectivity index (χ4n) is 3.59. The second-order valence-electron chi connectivity index (χ2n) is 8.77. The molecule has 2 N–H and O–H groups in total. The number of carbonyl (C=O) groups is 1. The average molecular weight is 401 g/mol. The zero-order chi connectivity index (χ0) is 21.1. The van der Waals surface area contributed by atoms with Crippen molar-refractivity contribution in [1.82, 2.24) is 0 Å². The van der Waals surface area contributed by atoms with Crippen LogP contribution < -0.4 is 15.4 Å². The summed E-state index contributed by atoms with van der Waals surface area (Å²) in [5, 5.41) is 7.08. The molecule has 4 heteroatoms. The summed E-state index contributed by atoms with van der Waals surface area (Å²) < 4.78 is 6.23. The Kier molecular flexibility index (Phi) is 5.49.